The third kappa shape index (κ3) is 1.88. The monoisotopic (exact) mass is 219 g/mol. The molecule has 0 aliphatic rings. The third-order valence-corrected chi connectivity index (χ3v) is 2.46. The van der Waals surface area contributed by atoms with Crippen molar-refractivity contribution in [2.75, 3.05) is 0 Å². The number of rotatable bonds is 0. The van der Waals surface area contributed by atoms with E-state index < -0.39 is 0 Å². The topological polar surface area (TPSA) is 41.6 Å². The summed E-state index contributed by atoms with van der Waals surface area (Å²) in [5, 5.41) is 1.05. The molecular weight excluding hydrogens is 210 g/mol. The molecule has 3 aromatic heterocycles. The minimum atomic E-state index is 0.864. The van der Waals surface area contributed by atoms with Crippen LogP contribution >= 0.6 is 0 Å². The molecule has 3 heteroatoms. The van der Waals surface area contributed by atoms with Crippen molar-refractivity contribution in [1.29, 1.82) is 0 Å². The quantitative estimate of drug-likeness (QED) is 0.590. The molecule has 0 aliphatic heterocycles. The van der Waals surface area contributed by atoms with Crippen molar-refractivity contribution in [2.45, 2.75) is 0 Å². The second kappa shape index (κ2) is 4.11. The highest BCUT2D eigenvalue weighted by Crippen LogP contribution is 2.13. The molecule has 0 aliphatic carbocycles. The van der Waals surface area contributed by atoms with Crippen molar-refractivity contribution in [3.8, 4) is 11.8 Å². The van der Waals surface area contributed by atoms with Crippen LogP contribution in [-0.4, -0.2) is 15.0 Å². The number of nitrogens with zero attached hydrogens (tertiary/aromatic N) is 2. The summed E-state index contributed by atoms with van der Waals surface area (Å²) in [5.74, 6) is 6.23. The fourth-order valence-corrected chi connectivity index (χ4v) is 1.65. The van der Waals surface area contributed by atoms with E-state index >= 15 is 0 Å². The van der Waals surface area contributed by atoms with Crippen LogP contribution in [-0.2, 0) is 0 Å². The number of aromatic amines is 1. The minimum absolute atomic E-state index is 0.864. The second-order valence-corrected chi connectivity index (χ2v) is 3.59. The summed E-state index contributed by atoms with van der Waals surface area (Å²) >= 11 is 0. The van der Waals surface area contributed by atoms with E-state index in [-0.39, 0.29) is 0 Å². The zero-order valence-electron chi connectivity index (χ0n) is 9.01. The van der Waals surface area contributed by atoms with Gasteiger partial charge in [-0.3, -0.25) is 4.98 Å². The number of hydrogen-bond acceptors (Lipinski definition) is 2. The van der Waals surface area contributed by atoms with Gasteiger partial charge in [0.15, 0.2) is 0 Å². The first-order valence-corrected chi connectivity index (χ1v) is 5.27. The lowest BCUT2D eigenvalue weighted by Gasteiger charge is -1.92. The van der Waals surface area contributed by atoms with Gasteiger partial charge in [-0.2, -0.15) is 0 Å². The molecule has 3 heterocycles. The molecule has 0 amide bonds. The Labute approximate surface area is 98.5 Å². The zero-order chi connectivity index (χ0) is 11.5. The fraction of sp³-hybridized carbons (Fsp3) is 0. The lowest BCUT2D eigenvalue weighted by molar-refractivity contribution is 1.31. The van der Waals surface area contributed by atoms with Crippen LogP contribution in [0.3, 0.4) is 0 Å². The summed E-state index contributed by atoms with van der Waals surface area (Å²) in [5.41, 5.74) is 2.75. The molecule has 0 unspecified atom stereocenters. The number of fused-ring (bicyclic) bond motifs is 1. The maximum absolute atomic E-state index is 4.22. The molecule has 80 valence electrons. The SMILES string of the molecule is C(#Cc1ccnc2[nH]ccc12)c1cccnc1. The van der Waals surface area contributed by atoms with Gasteiger partial charge in [-0.1, -0.05) is 11.8 Å². The molecule has 0 spiro atoms. The van der Waals surface area contributed by atoms with Crippen LogP contribution in [0.25, 0.3) is 11.0 Å². The van der Waals surface area contributed by atoms with E-state index in [1.54, 1.807) is 18.6 Å². The van der Waals surface area contributed by atoms with Gasteiger partial charge in [0.1, 0.15) is 5.65 Å². The van der Waals surface area contributed by atoms with Gasteiger partial charge in [0.05, 0.1) is 0 Å². The van der Waals surface area contributed by atoms with E-state index in [0.717, 1.165) is 22.2 Å². The van der Waals surface area contributed by atoms with Crippen molar-refractivity contribution in [3.63, 3.8) is 0 Å². The van der Waals surface area contributed by atoms with Gasteiger partial charge in [0.25, 0.3) is 0 Å². The Kier molecular flexibility index (Phi) is 2.32. The van der Waals surface area contributed by atoms with Crippen molar-refractivity contribution in [2.24, 2.45) is 0 Å². The summed E-state index contributed by atoms with van der Waals surface area (Å²) < 4.78 is 0. The summed E-state index contributed by atoms with van der Waals surface area (Å²) in [4.78, 5) is 11.3. The van der Waals surface area contributed by atoms with Crippen LogP contribution in [0.4, 0.5) is 0 Å². The Hall–Kier alpha value is -2.60. The highest BCUT2D eigenvalue weighted by molar-refractivity contribution is 5.82. The standard InChI is InChI=1S/C14H9N3/c1-2-11(10-15-7-1)3-4-12-5-8-16-14-13(12)6-9-17-14/h1-2,5-10H,(H,16,17). The third-order valence-electron chi connectivity index (χ3n) is 2.46. The number of pyridine rings is 2. The summed E-state index contributed by atoms with van der Waals surface area (Å²) in [6.07, 6.45) is 7.11. The first-order valence-electron chi connectivity index (χ1n) is 5.27. The minimum Gasteiger partial charge on any atom is -0.346 e. The molecular formula is C14H9N3. The van der Waals surface area contributed by atoms with E-state index in [0.29, 0.717) is 0 Å². The molecule has 3 nitrogen and oxygen atoms in total. The number of H-pyrrole nitrogens is 1. The predicted octanol–water partition coefficient (Wildman–Crippen LogP) is 2.36. The van der Waals surface area contributed by atoms with Crippen LogP contribution in [0, 0.1) is 11.8 Å². The van der Waals surface area contributed by atoms with E-state index in [1.807, 2.05) is 30.5 Å². The van der Waals surface area contributed by atoms with Gasteiger partial charge in [-0.05, 0) is 24.3 Å². The Morgan fingerprint density at radius 2 is 2.06 bits per heavy atom. The van der Waals surface area contributed by atoms with E-state index in [2.05, 4.69) is 26.8 Å². The maximum atomic E-state index is 4.22. The molecule has 0 atom stereocenters. The normalized spacial score (nSPS) is 9.88. The van der Waals surface area contributed by atoms with E-state index in [1.165, 1.54) is 0 Å². The van der Waals surface area contributed by atoms with Gasteiger partial charge in [0.2, 0.25) is 0 Å². The first-order chi connectivity index (χ1) is 8.43. The summed E-state index contributed by atoms with van der Waals surface area (Å²) in [7, 11) is 0. The van der Waals surface area contributed by atoms with Crippen LogP contribution in [0.5, 0.6) is 0 Å². The second-order valence-electron chi connectivity index (χ2n) is 3.59. The largest absolute Gasteiger partial charge is 0.346 e. The van der Waals surface area contributed by atoms with Crippen LogP contribution in [0.2, 0.25) is 0 Å². The Morgan fingerprint density at radius 3 is 2.94 bits per heavy atom. The van der Waals surface area contributed by atoms with E-state index in [4.69, 9.17) is 0 Å². The molecule has 0 aromatic carbocycles. The Balaban J connectivity index is 2.06. The Morgan fingerprint density at radius 1 is 1.06 bits per heavy atom. The molecule has 3 rings (SSSR count). The van der Waals surface area contributed by atoms with Crippen molar-refractivity contribution in [1.82, 2.24) is 15.0 Å². The van der Waals surface area contributed by atoms with Crippen LogP contribution in [0.1, 0.15) is 11.1 Å². The summed E-state index contributed by atoms with van der Waals surface area (Å²) in [6.45, 7) is 0. The molecule has 17 heavy (non-hydrogen) atoms. The van der Waals surface area contributed by atoms with Crippen molar-refractivity contribution in [3.05, 3.63) is 60.2 Å². The highest BCUT2D eigenvalue weighted by atomic mass is 14.8. The van der Waals surface area contributed by atoms with E-state index in [9.17, 15) is 0 Å². The molecule has 0 radical (unpaired) electrons. The number of hydrogen-bond donors (Lipinski definition) is 1. The molecule has 3 aromatic rings. The number of aromatic nitrogens is 3. The highest BCUT2D eigenvalue weighted by Gasteiger charge is 1.98. The predicted molar refractivity (Wildman–Crippen MR) is 66.3 cm³/mol. The molecule has 0 saturated carbocycles. The number of nitrogens with one attached hydrogen (secondary N) is 1. The average Bonchev–Trinajstić information content (AvgIpc) is 2.86. The molecule has 0 bridgehead atoms. The van der Waals surface area contributed by atoms with Gasteiger partial charge in [-0.15, -0.1) is 0 Å². The van der Waals surface area contributed by atoms with Crippen molar-refractivity contribution < 1.29 is 0 Å². The first kappa shape index (κ1) is 9.61. The summed E-state index contributed by atoms with van der Waals surface area (Å²) in [6, 6.07) is 7.72. The van der Waals surface area contributed by atoms with Crippen LogP contribution < -0.4 is 0 Å². The van der Waals surface area contributed by atoms with Crippen molar-refractivity contribution >= 4 is 11.0 Å². The van der Waals surface area contributed by atoms with Gasteiger partial charge in [0, 0.05) is 41.3 Å². The zero-order valence-corrected chi connectivity index (χ0v) is 9.01. The lowest BCUT2D eigenvalue weighted by atomic mass is 10.2. The smallest absolute Gasteiger partial charge is 0.138 e. The molecule has 0 saturated heterocycles. The average molecular weight is 219 g/mol. The van der Waals surface area contributed by atoms with Crippen LogP contribution in [0.15, 0.2) is 49.1 Å². The molecule has 0 fully saturated rings. The molecule has 1 N–H and O–H groups in total. The Bertz CT molecular complexity index is 702. The maximum Gasteiger partial charge on any atom is 0.138 e. The van der Waals surface area contributed by atoms with Gasteiger partial charge in [-0.25, -0.2) is 4.98 Å². The lowest BCUT2D eigenvalue weighted by Crippen LogP contribution is -1.81. The van der Waals surface area contributed by atoms with Gasteiger partial charge < -0.3 is 4.98 Å². The van der Waals surface area contributed by atoms with Gasteiger partial charge >= 0.3 is 0 Å². The fourth-order valence-electron chi connectivity index (χ4n) is 1.65.